The molecule has 4 nitrogen and oxygen atoms in total. The van der Waals surface area contributed by atoms with Crippen LogP contribution >= 0.6 is 0 Å². The lowest BCUT2D eigenvalue weighted by Crippen LogP contribution is -2.46. The first-order valence-corrected chi connectivity index (χ1v) is 4.76. The number of hydrogen-bond acceptors (Lipinski definition) is 3. The molecule has 0 aromatic heterocycles. The molecule has 0 amide bonds. The highest BCUT2D eigenvalue weighted by atomic mass is 16.4. The van der Waals surface area contributed by atoms with E-state index in [2.05, 4.69) is 0 Å². The van der Waals surface area contributed by atoms with E-state index in [-0.39, 0.29) is 0 Å². The summed E-state index contributed by atoms with van der Waals surface area (Å²) in [6, 6.07) is -0.823. The van der Waals surface area contributed by atoms with Crippen LogP contribution in [0.25, 0.3) is 0 Å². The van der Waals surface area contributed by atoms with Gasteiger partial charge in [0.15, 0.2) is 0 Å². The molecule has 0 radical (unpaired) electrons. The molecule has 0 saturated heterocycles. The van der Waals surface area contributed by atoms with Gasteiger partial charge in [-0.3, -0.25) is 9.69 Å². The van der Waals surface area contributed by atoms with Gasteiger partial charge in [0.1, 0.15) is 6.04 Å². The van der Waals surface area contributed by atoms with Gasteiger partial charge in [-0.2, -0.15) is 0 Å². The normalized spacial score (nSPS) is 16.1. The van der Waals surface area contributed by atoms with Crippen molar-refractivity contribution in [3.05, 3.63) is 12.2 Å². The van der Waals surface area contributed by atoms with E-state index in [4.69, 9.17) is 5.11 Å². The van der Waals surface area contributed by atoms with E-state index in [9.17, 15) is 9.90 Å². The molecule has 0 fully saturated rings. The van der Waals surface area contributed by atoms with Crippen LogP contribution in [-0.2, 0) is 4.79 Å². The second-order valence-electron chi connectivity index (χ2n) is 3.27. The summed E-state index contributed by atoms with van der Waals surface area (Å²) in [5, 5.41) is 18.4. The van der Waals surface area contributed by atoms with Crippen molar-refractivity contribution < 1.29 is 15.0 Å². The molecule has 0 rings (SSSR count). The molecule has 2 atom stereocenters. The van der Waals surface area contributed by atoms with Crippen LogP contribution in [0.1, 0.15) is 20.3 Å². The van der Waals surface area contributed by atoms with Crippen molar-refractivity contribution in [1.82, 2.24) is 4.90 Å². The van der Waals surface area contributed by atoms with Crippen molar-refractivity contribution in [3.8, 4) is 0 Å². The van der Waals surface area contributed by atoms with Gasteiger partial charge in [0.2, 0.25) is 0 Å². The fraction of sp³-hybridized carbons (Fsp3) is 0.700. The number of aliphatic carboxylic acids is 1. The van der Waals surface area contributed by atoms with Gasteiger partial charge in [-0.1, -0.05) is 19.1 Å². The van der Waals surface area contributed by atoms with Gasteiger partial charge in [0.05, 0.1) is 6.10 Å². The molecule has 0 heterocycles. The van der Waals surface area contributed by atoms with Gasteiger partial charge in [-0.15, -0.1) is 0 Å². The zero-order chi connectivity index (χ0) is 11.1. The Morgan fingerprint density at radius 1 is 1.57 bits per heavy atom. The van der Waals surface area contributed by atoms with Crippen molar-refractivity contribution in [1.29, 1.82) is 0 Å². The van der Waals surface area contributed by atoms with Gasteiger partial charge in [-0.05, 0) is 20.4 Å². The molecular formula is C10H19NO3. The van der Waals surface area contributed by atoms with E-state index in [0.29, 0.717) is 13.0 Å². The number of carbonyl (C=O) groups is 1. The molecule has 0 bridgehead atoms. The third-order valence-corrected chi connectivity index (χ3v) is 2.14. The number of carboxylic acid groups (broad SMARTS) is 1. The Morgan fingerprint density at radius 2 is 2.14 bits per heavy atom. The van der Waals surface area contributed by atoms with Crippen LogP contribution in [0.15, 0.2) is 12.2 Å². The summed E-state index contributed by atoms with van der Waals surface area (Å²) in [6.45, 7) is 4.18. The van der Waals surface area contributed by atoms with E-state index in [1.807, 2.05) is 19.1 Å². The number of nitrogens with zero attached hydrogens (tertiary/aromatic N) is 1. The van der Waals surface area contributed by atoms with Crippen LogP contribution in [0.2, 0.25) is 0 Å². The smallest absolute Gasteiger partial charge is 0.323 e. The number of carboxylic acids is 1. The van der Waals surface area contributed by atoms with Crippen LogP contribution in [0, 0.1) is 0 Å². The first kappa shape index (κ1) is 13.1. The molecule has 82 valence electrons. The lowest BCUT2D eigenvalue weighted by Gasteiger charge is -2.26. The molecule has 0 saturated carbocycles. The summed E-state index contributed by atoms with van der Waals surface area (Å²) >= 11 is 0. The lowest BCUT2D eigenvalue weighted by molar-refractivity contribution is -0.146. The summed E-state index contributed by atoms with van der Waals surface area (Å²) in [6.07, 6.45) is 3.34. The van der Waals surface area contributed by atoms with Crippen molar-refractivity contribution in [2.75, 3.05) is 13.6 Å². The average molecular weight is 201 g/mol. The standard InChI is InChI=1S/C10H19NO3/c1-4-6-7-11(3)9(10(13)14)8(12)5-2/h4,6,8-9,12H,5,7H2,1-3H3,(H,13,14)/t8-,9+/m1/s1. The van der Waals surface area contributed by atoms with E-state index in [1.165, 1.54) is 0 Å². The highest BCUT2D eigenvalue weighted by Crippen LogP contribution is 2.06. The lowest BCUT2D eigenvalue weighted by atomic mass is 10.1. The van der Waals surface area contributed by atoms with E-state index in [1.54, 1.807) is 18.9 Å². The number of allylic oxidation sites excluding steroid dienone is 1. The minimum atomic E-state index is -0.980. The summed E-state index contributed by atoms with van der Waals surface area (Å²) in [5.74, 6) is -0.980. The van der Waals surface area contributed by atoms with E-state index < -0.39 is 18.1 Å². The Balaban J connectivity index is 4.40. The SMILES string of the molecule is CC=CCN(C)[C@H](C(=O)O)[C@H](O)CC. The number of hydrogen-bond donors (Lipinski definition) is 2. The fourth-order valence-corrected chi connectivity index (χ4v) is 1.26. The number of likely N-dealkylation sites (N-methyl/N-ethyl adjacent to an activating group) is 1. The maximum atomic E-state index is 10.9. The quantitative estimate of drug-likeness (QED) is 0.622. The maximum Gasteiger partial charge on any atom is 0.323 e. The van der Waals surface area contributed by atoms with E-state index >= 15 is 0 Å². The minimum absolute atomic E-state index is 0.442. The summed E-state index contributed by atoms with van der Waals surface area (Å²) in [5.41, 5.74) is 0. The zero-order valence-corrected chi connectivity index (χ0v) is 8.97. The number of aliphatic hydroxyl groups excluding tert-OH is 1. The molecule has 0 aromatic rings. The van der Waals surface area contributed by atoms with Gasteiger partial charge in [0.25, 0.3) is 0 Å². The molecule has 0 aliphatic rings. The summed E-state index contributed by atoms with van der Waals surface area (Å²) < 4.78 is 0. The third-order valence-electron chi connectivity index (χ3n) is 2.14. The van der Waals surface area contributed by atoms with Crippen LogP contribution in [0.5, 0.6) is 0 Å². The first-order chi connectivity index (χ1) is 6.54. The topological polar surface area (TPSA) is 60.8 Å². The predicted molar refractivity (Wildman–Crippen MR) is 55.2 cm³/mol. The highest BCUT2D eigenvalue weighted by Gasteiger charge is 2.28. The van der Waals surface area contributed by atoms with Crippen LogP contribution < -0.4 is 0 Å². The maximum absolute atomic E-state index is 10.9. The second-order valence-corrected chi connectivity index (χ2v) is 3.27. The average Bonchev–Trinajstić information content (AvgIpc) is 2.14. The molecule has 0 aliphatic carbocycles. The monoisotopic (exact) mass is 201 g/mol. The number of rotatable bonds is 6. The van der Waals surface area contributed by atoms with E-state index in [0.717, 1.165) is 0 Å². The third kappa shape index (κ3) is 3.89. The molecule has 0 unspecified atom stereocenters. The van der Waals surface area contributed by atoms with Gasteiger partial charge >= 0.3 is 5.97 Å². The predicted octanol–water partition coefficient (Wildman–Crippen LogP) is 0.718. The van der Waals surface area contributed by atoms with Crippen molar-refractivity contribution in [2.24, 2.45) is 0 Å². The number of aliphatic hydroxyl groups is 1. The summed E-state index contributed by atoms with van der Waals surface area (Å²) in [4.78, 5) is 12.5. The molecule has 2 N–H and O–H groups in total. The zero-order valence-electron chi connectivity index (χ0n) is 8.97. The molecular weight excluding hydrogens is 182 g/mol. The van der Waals surface area contributed by atoms with Crippen LogP contribution in [0.3, 0.4) is 0 Å². The van der Waals surface area contributed by atoms with Crippen LogP contribution in [0.4, 0.5) is 0 Å². The van der Waals surface area contributed by atoms with Crippen LogP contribution in [-0.4, -0.2) is 46.8 Å². The molecule has 14 heavy (non-hydrogen) atoms. The molecule has 4 heteroatoms. The molecule has 0 spiro atoms. The Morgan fingerprint density at radius 3 is 2.50 bits per heavy atom. The minimum Gasteiger partial charge on any atom is -0.480 e. The Kier molecular flexibility index (Phi) is 6.16. The molecule has 0 aromatic carbocycles. The highest BCUT2D eigenvalue weighted by molar-refractivity contribution is 5.74. The van der Waals surface area contributed by atoms with Gasteiger partial charge in [0, 0.05) is 6.54 Å². The van der Waals surface area contributed by atoms with Gasteiger partial charge in [-0.25, -0.2) is 0 Å². The second kappa shape index (κ2) is 6.56. The van der Waals surface area contributed by atoms with Crippen molar-refractivity contribution in [3.63, 3.8) is 0 Å². The Hall–Kier alpha value is -0.870. The largest absolute Gasteiger partial charge is 0.480 e. The van der Waals surface area contributed by atoms with Crippen molar-refractivity contribution in [2.45, 2.75) is 32.4 Å². The van der Waals surface area contributed by atoms with Crippen molar-refractivity contribution >= 4 is 5.97 Å². The first-order valence-electron chi connectivity index (χ1n) is 4.76. The fourth-order valence-electron chi connectivity index (χ4n) is 1.26. The Bertz CT molecular complexity index is 204. The van der Waals surface area contributed by atoms with Gasteiger partial charge < -0.3 is 10.2 Å². The summed E-state index contributed by atoms with van der Waals surface area (Å²) in [7, 11) is 1.69. The molecule has 0 aliphatic heterocycles. The Labute approximate surface area is 84.8 Å².